The van der Waals surface area contributed by atoms with Gasteiger partial charge in [-0.25, -0.2) is 4.39 Å². The van der Waals surface area contributed by atoms with Crippen molar-refractivity contribution in [2.75, 3.05) is 18.9 Å². The smallest absolute Gasteiger partial charge is 0.251 e. The zero-order valence-corrected chi connectivity index (χ0v) is 20.8. The van der Waals surface area contributed by atoms with Gasteiger partial charge < -0.3 is 19.9 Å². The average Bonchev–Trinajstić information content (AvgIpc) is 3.25. The molecular weight excluding hydrogens is 477 g/mol. The molecule has 1 aromatic heterocycles. The first-order valence-electron chi connectivity index (χ1n) is 11.8. The van der Waals surface area contributed by atoms with E-state index in [4.69, 9.17) is 4.74 Å². The van der Waals surface area contributed by atoms with Crippen molar-refractivity contribution in [3.63, 3.8) is 0 Å². The molecule has 8 heteroatoms. The fourth-order valence-corrected chi connectivity index (χ4v) is 4.69. The van der Waals surface area contributed by atoms with Gasteiger partial charge in [0.05, 0.1) is 12.4 Å². The fraction of sp³-hybridized carbons (Fsp3) is 0.214. The Balaban J connectivity index is 1.31. The summed E-state index contributed by atoms with van der Waals surface area (Å²) in [6.45, 7) is 3.92. The summed E-state index contributed by atoms with van der Waals surface area (Å²) in [6, 6.07) is 21.2. The molecule has 0 unspecified atom stereocenters. The Hall–Kier alpha value is -3.78. The molecule has 0 bridgehead atoms. The predicted octanol–water partition coefficient (Wildman–Crippen LogP) is 5.02. The van der Waals surface area contributed by atoms with Gasteiger partial charge in [0.15, 0.2) is 0 Å². The van der Waals surface area contributed by atoms with E-state index in [9.17, 15) is 14.0 Å². The molecule has 0 saturated heterocycles. The number of hydrogen-bond donors (Lipinski definition) is 2. The second-order valence-electron chi connectivity index (χ2n) is 8.11. The van der Waals surface area contributed by atoms with Crippen LogP contribution in [0.1, 0.15) is 22.8 Å². The van der Waals surface area contributed by atoms with Crippen LogP contribution in [0.25, 0.3) is 10.9 Å². The largest absolute Gasteiger partial charge is 0.494 e. The van der Waals surface area contributed by atoms with E-state index in [2.05, 4.69) is 15.2 Å². The van der Waals surface area contributed by atoms with Crippen LogP contribution in [0.15, 0.2) is 83.9 Å². The fourth-order valence-electron chi connectivity index (χ4n) is 3.77. The molecule has 0 spiro atoms. The quantitative estimate of drug-likeness (QED) is 0.281. The maximum absolute atomic E-state index is 13.0. The molecule has 0 aliphatic carbocycles. The number of hydrogen-bond acceptors (Lipinski definition) is 4. The predicted molar refractivity (Wildman–Crippen MR) is 141 cm³/mol. The van der Waals surface area contributed by atoms with Gasteiger partial charge in [-0.2, -0.15) is 0 Å². The zero-order valence-electron chi connectivity index (χ0n) is 20.0. The summed E-state index contributed by atoms with van der Waals surface area (Å²) >= 11 is 1.47. The van der Waals surface area contributed by atoms with E-state index < -0.39 is 0 Å². The SMILES string of the molecule is CCOc1ccc(C(=O)NCCn2cc(SCC(=O)NCc3ccc(F)cc3)c3ccccc32)cc1. The third-order valence-electron chi connectivity index (χ3n) is 5.58. The molecule has 4 aromatic rings. The second-order valence-corrected chi connectivity index (χ2v) is 9.13. The highest BCUT2D eigenvalue weighted by molar-refractivity contribution is 8.00. The number of nitrogens with one attached hydrogen (secondary N) is 2. The van der Waals surface area contributed by atoms with E-state index in [1.165, 1.54) is 23.9 Å². The van der Waals surface area contributed by atoms with Crippen molar-refractivity contribution in [3.05, 3.63) is 95.9 Å². The molecule has 3 aromatic carbocycles. The van der Waals surface area contributed by atoms with Gasteiger partial charge in [-0.05, 0) is 55.0 Å². The minimum Gasteiger partial charge on any atom is -0.494 e. The molecular formula is C28H28FN3O3S. The van der Waals surface area contributed by atoms with Gasteiger partial charge in [0.2, 0.25) is 5.91 Å². The lowest BCUT2D eigenvalue weighted by atomic mass is 10.2. The molecule has 4 rings (SSSR count). The van der Waals surface area contributed by atoms with Gasteiger partial charge in [0, 0.05) is 47.2 Å². The van der Waals surface area contributed by atoms with E-state index >= 15 is 0 Å². The van der Waals surface area contributed by atoms with Crippen LogP contribution >= 0.6 is 11.8 Å². The highest BCUT2D eigenvalue weighted by Crippen LogP contribution is 2.29. The number of nitrogens with zero attached hydrogens (tertiary/aromatic N) is 1. The van der Waals surface area contributed by atoms with Crippen LogP contribution in [0.3, 0.4) is 0 Å². The lowest BCUT2D eigenvalue weighted by molar-refractivity contribution is -0.118. The van der Waals surface area contributed by atoms with E-state index in [-0.39, 0.29) is 23.4 Å². The Kier molecular flexibility index (Phi) is 8.62. The topological polar surface area (TPSA) is 72.4 Å². The van der Waals surface area contributed by atoms with Crippen LogP contribution in [-0.2, 0) is 17.9 Å². The van der Waals surface area contributed by atoms with Crippen LogP contribution in [0, 0.1) is 5.82 Å². The summed E-state index contributed by atoms with van der Waals surface area (Å²) in [5, 5.41) is 6.90. The standard InChI is InChI=1S/C28H28FN3O3S/c1-2-35-23-13-9-21(10-14-23)28(34)30-15-16-32-18-26(24-5-3-4-6-25(24)32)36-19-27(33)31-17-20-7-11-22(29)12-8-20/h3-14,18H,2,15-17,19H2,1H3,(H,30,34)(H,31,33). The second kappa shape index (κ2) is 12.3. The number of halogens is 1. The molecule has 6 nitrogen and oxygen atoms in total. The maximum atomic E-state index is 13.0. The summed E-state index contributed by atoms with van der Waals surface area (Å²) in [4.78, 5) is 25.9. The lowest BCUT2D eigenvalue weighted by Gasteiger charge is -2.08. The van der Waals surface area contributed by atoms with Gasteiger partial charge in [-0.3, -0.25) is 9.59 Å². The molecule has 0 saturated carbocycles. The first-order valence-corrected chi connectivity index (χ1v) is 12.7. The number of benzene rings is 3. The van der Waals surface area contributed by atoms with E-state index in [0.717, 1.165) is 27.1 Å². The summed E-state index contributed by atoms with van der Waals surface area (Å²) in [6.07, 6.45) is 2.02. The first kappa shape index (κ1) is 25.3. The third-order valence-corrected chi connectivity index (χ3v) is 6.62. The van der Waals surface area contributed by atoms with E-state index in [1.807, 2.05) is 37.4 Å². The Morgan fingerprint density at radius 1 is 0.972 bits per heavy atom. The van der Waals surface area contributed by atoms with Crippen molar-refractivity contribution in [1.29, 1.82) is 0 Å². The molecule has 0 aliphatic rings. The number of ether oxygens (including phenoxy) is 1. The number of aromatic nitrogens is 1. The Morgan fingerprint density at radius 2 is 1.72 bits per heavy atom. The van der Waals surface area contributed by atoms with Gasteiger partial charge in [-0.1, -0.05) is 30.3 Å². The molecule has 2 amide bonds. The number of thioether (sulfide) groups is 1. The summed E-state index contributed by atoms with van der Waals surface area (Å²) in [5.41, 5.74) is 2.47. The van der Waals surface area contributed by atoms with Gasteiger partial charge in [0.1, 0.15) is 11.6 Å². The van der Waals surface area contributed by atoms with Crippen molar-refractivity contribution in [1.82, 2.24) is 15.2 Å². The number of amides is 2. The molecule has 0 aliphatic heterocycles. The van der Waals surface area contributed by atoms with Crippen molar-refractivity contribution >= 4 is 34.5 Å². The highest BCUT2D eigenvalue weighted by Gasteiger charge is 2.12. The summed E-state index contributed by atoms with van der Waals surface area (Å²) < 4.78 is 20.5. The van der Waals surface area contributed by atoms with Crippen molar-refractivity contribution in [3.8, 4) is 5.75 Å². The number of fused-ring (bicyclic) bond motifs is 1. The zero-order chi connectivity index (χ0) is 25.3. The molecule has 186 valence electrons. The number of rotatable bonds is 11. The van der Waals surface area contributed by atoms with Gasteiger partial charge in [-0.15, -0.1) is 11.8 Å². The van der Waals surface area contributed by atoms with Crippen LogP contribution < -0.4 is 15.4 Å². The Morgan fingerprint density at radius 3 is 2.47 bits per heavy atom. The highest BCUT2D eigenvalue weighted by atomic mass is 32.2. The average molecular weight is 506 g/mol. The third kappa shape index (κ3) is 6.66. The van der Waals surface area contributed by atoms with Crippen LogP contribution in [-0.4, -0.2) is 35.3 Å². The molecule has 0 fully saturated rings. The maximum Gasteiger partial charge on any atom is 0.251 e. The molecule has 2 N–H and O–H groups in total. The van der Waals surface area contributed by atoms with Gasteiger partial charge in [0.25, 0.3) is 5.91 Å². The number of carbonyl (C=O) groups is 2. The first-order chi connectivity index (χ1) is 17.5. The van der Waals surface area contributed by atoms with E-state index in [0.29, 0.717) is 31.8 Å². The number of para-hydroxylation sites is 1. The molecule has 0 atom stereocenters. The van der Waals surface area contributed by atoms with Crippen LogP contribution in [0.4, 0.5) is 4.39 Å². The molecule has 36 heavy (non-hydrogen) atoms. The monoisotopic (exact) mass is 505 g/mol. The minimum absolute atomic E-state index is 0.0937. The van der Waals surface area contributed by atoms with Crippen molar-refractivity contribution in [2.45, 2.75) is 24.9 Å². The molecule has 1 heterocycles. The van der Waals surface area contributed by atoms with Crippen molar-refractivity contribution in [2.24, 2.45) is 0 Å². The normalized spacial score (nSPS) is 10.8. The van der Waals surface area contributed by atoms with E-state index in [1.54, 1.807) is 36.4 Å². The summed E-state index contributed by atoms with van der Waals surface area (Å²) in [7, 11) is 0. The van der Waals surface area contributed by atoms with Gasteiger partial charge >= 0.3 is 0 Å². The van der Waals surface area contributed by atoms with Crippen molar-refractivity contribution < 1.29 is 18.7 Å². The Labute approximate surface area is 213 Å². The van der Waals surface area contributed by atoms with Crippen LogP contribution in [0.5, 0.6) is 5.75 Å². The number of carbonyl (C=O) groups excluding carboxylic acids is 2. The minimum atomic E-state index is -0.298. The molecule has 0 radical (unpaired) electrons. The Bertz CT molecular complexity index is 1320. The van der Waals surface area contributed by atoms with Crippen LogP contribution in [0.2, 0.25) is 0 Å². The lowest BCUT2D eigenvalue weighted by Crippen LogP contribution is -2.27. The summed E-state index contributed by atoms with van der Waals surface area (Å²) in [5.74, 6) is 0.476.